The molecule has 264 valence electrons. The van der Waals surface area contributed by atoms with Gasteiger partial charge >= 0.3 is 0 Å². The van der Waals surface area contributed by atoms with E-state index in [-0.39, 0.29) is 0 Å². The third-order valence-electron chi connectivity index (χ3n) is 11.4. The summed E-state index contributed by atoms with van der Waals surface area (Å²) in [6.45, 7) is 0. The maximum absolute atomic E-state index is 2.48. The van der Waals surface area contributed by atoms with Crippen molar-refractivity contribution < 1.29 is 0 Å². The Hall–Kier alpha value is -6.81. The van der Waals surface area contributed by atoms with E-state index in [0.717, 1.165) is 28.4 Å². The molecular weight excluding hydrogens is 697 g/mol. The number of para-hydroxylation sites is 4. The molecule has 9 aromatic rings. The third-order valence-corrected chi connectivity index (χ3v) is 12.6. The van der Waals surface area contributed by atoms with E-state index >= 15 is 0 Å². The molecule has 1 aliphatic heterocycles. The number of nitrogens with zero attached hydrogens (tertiary/aromatic N) is 2. The first-order valence-electron chi connectivity index (χ1n) is 19.2. The van der Waals surface area contributed by atoms with Gasteiger partial charge in [0.2, 0.25) is 0 Å². The Labute approximate surface area is 332 Å². The van der Waals surface area contributed by atoms with Crippen LogP contribution in [0.2, 0.25) is 0 Å². The van der Waals surface area contributed by atoms with Crippen molar-refractivity contribution in [2.75, 3.05) is 9.80 Å². The zero-order chi connectivity index (χ0) is 37.1. The fourth-order valence-corrected chi connectivity index (χ4v) is 10.4. The number of fused-ring (bicyclic) bond motifs is 10. The highest BCUT2D eigenvalue weighted by atomic mass is 32.2. The van der Waals surface area contributed by atoms with Crippen molar-refractivity contribution in [3.05, 3.63) is 241 Å². The molecule has 1 unspecified atom stereocenters. The van der Waals surface area contributed by atoms with E-state index in [9.17, 15) is 0 Å². The van der Waals surface area contributed by atoms with Gasteiger partial charge in [-0.15, -0.1) is 0 Å². The summed E-state index contributed by atoms with van der Waals surface area (Å²) in [5.41, 5.74) is 14.0. The minimum atomic E-state index is -0.587. The molecule has 2 aliphatic rings. The first-order chi connectivity index (χ1) is 27.8. The van der Waals surface area contributed by atoms with Crippen LogP contribution in [0.15, 0.2) is 228 Å². The van der Waals surface area contributed by atoms with Gasteiger partial charge in [0.1, 0.15) is 0 Å². The Morgan fingerprint density at radius 3 is 1.45 bits per heavy atom. The van der Waals surface area contributed by atoms with Gasteiger partial charge in [-0.2, -0.15) is 0 Å². The first-order valence-corrected chi connectivity index (χ1v) is 20.0. The fraction of sp³-hybridized carbons (Fsp3) is 0.0189. The highest BCUT2D eigenvalue weighted by Crippen LogP contribution is 2.65. The van der Waals surface area contributed by atoms with E-state index in [1.54, 1.807) is 0 Å². The summed E-state index contributed by atoms with van der Waals surface area (Å²) in [5.74, 6) is 0. The highest BCUT2D eigenvalue weighted by molar-refractivity contribution is 7.99. The Balaban J connectivity index is 1.25. The number of anilines is 6. The predicted octanol–water partition coefficient (Wildman–Crippen LogP) is 14.6. The minimum absolute atomic E-state index is 0.587. The molecule has 0 N–H and O–H groups in total. The lowest BCUT2D eigenvalue weighted by molar-refractivity contribution is 0.724. The van der Waals surface area contributed by atoms with Gasteiger partial charge < -0.3 is 9.80 Å². The van der Waals surface area contributed by atoms with Gasteiger partial charge in [-0.1, -0.05) is 151 Å². The summed E-state index contributed by atoms with van der Waals surface area (Å²) in [4.78, 5) is 7.36. The van der Waals surface area contributed by atoms with Crippen LogP contribution in [0.3, 0.4) is 0 Å². The SMILES string of the molecule is c1ccc(N(c2ccccc2)c2ccc3c(c2)C2(c4cc5ccccc5cc4Sc4c(N(c5ccccc5)c5ccccc5)cccc42)c2ccccc2-3)cc1. The number of hydrogen-bond acceptors (Lipinski definition) is 3. The second-order valence-electron chi connectivity index (χ2n) is 14.5. The average Bonchev–Trinajstić information content (AvgIpc) is 3.55. The molecule has 0 saturated carbocycles. The van der Waals surface area contributed by atoms with E-state index in [1.807, 2.05) is 11.8 Å². The molecule has 0 saturated heterocycles. The van der Waals surface area contributed by atoms with Crippen molar-refractivity contribution >= 4 is 56.7 Å². The van der Waals surface area contributed by atoms with Crippen molar-refractivity contribution in [1.29, 1.82) is 0 Å². The molecule has 1 aliphatic carbocycles. The quantitative estimate of drug-likeness (QED) is 0.168. The normalized spacial score (nSPS) is 14.8. The van der Waals surface area contributed by atoms with Crippen molar-refractivity contribution in [3.8, 4) is 11.1 Å². The summed E-state index contributed by atoms with van der Waals surface area (Å²) in [5, 5.41) is 2.50. The van der Waals surface area contributed by atoms with Crippen LogP contribution in [-0.4, -0.2) is 0 Å². The van der Waals surface area contributed by atoms with Gasteiger partial charge in [0.25, 0.3) is 0 Å². The molecule has 56 heavy (non-hydrogen) atoms. The van der Waals surface area contributed by atoms with Crippen LogP contribution in [0.25, 0.3) is 21.9 Å². The van der Waals surface area contributed by atoms with Gasteiger partial charge in [0.05, 0.1) is 11.1 Å². The zero-order valence-corrected chi connectivity index (χ0v) is 31.4. The summed E-state index contributed by atoms with van der Waals surface area (Å²) in [6, 6.07) is 80.0. The number of hydrogen-bond donors (Lipinski definition) is 0. The molecule has 1 atom stereocenters. The monoisotopic (exact) mass is 732 g/mol. The number of benzene rings is 9. The molecule has 0 fully saturated rings. The second-order valence-corrected chi connectivity index (χ2v) is 15.5. The van der Waals surface area contributed by atoms with Crippen molar-refractivity contribution in [1.82, 2.24) is 0 Å². The lowest BCUT2D eigenvalue weighted by Crippen LogP contribution is -2.32. The van der Waals surface area contributed by atoms with E-state index in [0.29, 0.717) is 0 Å². The van der Waals surface area contributed by atoms with Gasteiger partial charge in [-0.25, -0.2) is 0 Å². The smallest absolute Gasteiger partial charge is 0.0737 e. The molecule has 0 bridgehead atoms. The van der Waals surface area contributed by atoms with Crippen LogP contribution in [0, 0.1) is 0 Å². The molecule has 2 nitrogen and oxygen atoms in total. The molecular formula is C53H36N2S. The largest absolute Gasteiger partial charge is 0.310 e. The number of rotatable bonds is 6. The van der Waals surface area contributed by atoms with Crippen LogP contribution in [0.1, 0.15) is 22.3 Å². The van der Waals surface area contributed by atoms with E-state index in [1.165, 1.54) is 59.6 Å². The molecule has 0 amide bonds. The summed E-state index contributed by atoms with van der Waals surface area (Å²) in [6.07, 6.45) is 0. The topological polar surface area (TPSA) is 6.48 Å². The second kappa shape index (κ2) is 13.2. The minimum Gasteiger partial charge on any atom is -0.310 e. The van der Waals surface area contributed by atoms with Gasteiger partial charge in [-0.05, 0) is 123 Å². The lowest BCUT2D eigenvalue weighted by Gasteiger charge is -2.42. The Bertz CT molecular complexity index is 2810. The Morgan fingerprint density at radius 2 is 0.821 bits per heavy atom. The fourth-order valence-electron chi connectivity index (χ4n) is 9.12. The van der Waals surface area contributed by atoms with Crippen LogP contribution in [-0.2, 0) is 5.41 Å². The van der Waals surface area contributed by atoms with Crippen molar-refractivity contribution in [3.63, 3.8) is 0 Å². The van der Waals surface area contributed by atoms with E-state index < -0.39 is 5.41 Å². The Kier molecular flexibility index (Phi) is 7.68. The van der Waals surface area contributed by atoms with Crippen LogP contribution in [0.5, 0.6) is 0 Å². The van der Waals surface area contributed by atoms with Crippen LogP contribution < -0.4 is 9.80 Å². The first kappa shape index (κ1) is 32.6. The van der Waals surface area contributed by atoms with Crippen LogP contribution >= 0.6 is 11.8 Å². The molecule has 0 radical (unpaired) electrons. The highest BCUT2D eigenvalue weighted by Gasteiger charge is 2.51. The summed E-state index contributed by atoms with van der Waals surface area (Å²) >= 11 is 1.90. The molecule has 1 heterocycles. The summed E-state index contributed by atoms with van der Waals surface area (Å²) in [7, 11) is 0. The van der Waals surface area contributed by atoms with Gasteiger partial charge in [-0.3, -0.25) is 0 Å². The van der Waals surface area contributed by atoms with E-state index in [2.05, 4.69) is 228 Å². The molecule has 9 aromatic carbocycles. The predicted molar refractivity (Wildman–Crippen MR) is 235 cm³/mol. The maximum atomic E-state index is 2.48. The summed E-state index contributed by atoms with van der Waals surface area (Å²) < 4.78 is 0. The zero-order valence-electron chi connectivity index (χ0n) is 30.6. The molecule has 0 aromatic heterocycles. The molecule has 1 spiro atoms. The average molecular weight is 733 g/mol. The lowest BCUT2D eigenvalue weighted by atomic mass is 9.67. The molecule has 11 rings (SSSR count). The standard InChI is InChI=1S/C53H36N2S/c1-5-20-39(21-6-1)54(40-22-7-2-8-23-40)43-32-33-45-44-28-15-16-29-46(44)53(48(45)36-43)47-30-17-31-50(55(41-24-9-3-10-25-41)42-26-11-4-12-27-42)52(47)56-51-35-38-19-14-13-18-37(38)34-49(51)53/h1-36H. The van der Waals surface area contributed by atoms with E-state index in [4.69, 9.17) is 0 Å². The Morgan fingerprint density at radius 1 is 0.321 bits per heavy atom. The van der Waals surface area contributed by atoms with Gasteiger partial charge in [0.15, 0.2) is 0 Å². The van der Waals surface area contributed by atoms with Gasteiger partial charge in [0, 0.05) is 38.2 Å². The molecule has 3 heteroatoms. The van der Waals surface area contributed by atoms with Crippen molar-refractivity contribution in [2.24, 2.45) is 0 Å². The van der Waals surface area contributed by atoms with Crippen molar-refractivity contribution in [2.45, 2.75) is 15.2 Å². The third kappa shape index (κ3) is 4.98. The van der Waals surface area contributed by atoms with Crippen LogP contribution in [0.4, 0.5) is 34.1 Å². The maximum Gasteiger partial charge on any atom is 0.0737 e.